The van der Waals surface area contributed by atoms with Crippen molar-refractivity contribution in [3.05, 3.63) is 90.8 Å². The van der Waals surface area contributed by atoms with Crippen molar-refractivity contribution in [2.75, 3.05) is 10.6 Å². The minimum absolute atomic E-state index is 0.165. The second-order valence-corrected chi connectivity index (χ2v) is 7.13. The number of aryl methyl sites for hydroxylation is 1. The highest BCUT2D eigenvalue weighted by atomic mass is 16.4. The van der Waals surface area contributed by atoms with Gasteiger partial charge < -0.3 is 20.8 Å². The number of nitrogens with two attached hydrogens (primary N) is 1. The summed E-state index contributed by atoms with van der Waals surface area (Å²) < 4.78 is 6.07. The highest BCUT2D eigenvalue weighted by Crippen LogP contribution is 2.32. The normalized spacial score (nSPS) is 10.5. The molecule has 0 saturated carbocycles. The second kappa shape index (κ2) is 9.61. The zero-order valence-electron chi connectivity index (χ0n) is 17.2. The van der Waals surface area contributed by atoms with Crippen LogP contribution in [-0.2, 0) is 11.2 Å². The van der Waals surface area contributed by atoms with Crippen LogP contribution in [0.2, 0.25) is 0 Å². The van der Waals surface area contributed by atoms with Crippen LogP contribution in [0, 0.1) is 0 Å². The minimum atomic E-state index is -0.641. The Morgan fingerprint density at radius 3 is 1.94 bits per heavy atom. The van der Waals surface area contributed by atoms with Crippen LogP contribution in [0.5, 0.6) is 0 Å². The van der Waals surface area contributed by atoms with Crippen molar-refractivity contribution in [2.45, 2.75) is 12.8 Å². The summed E-state index contributed by atoms with van der Waals surface area (Å²) in [6, 6.07) is 25.7. The topological polar surface area (TPSA) is 110 Å². The van der Waals surface area contributed by atoms with Crippen LogP contribution in [0.1, 0.15) is 12.3 Å². The summed E-state index contributed by atoms with van der Waals surface area (Å²) in [5, 5.41) is 5.30. The summed E-state index contributed by atoms with van der Waals surface area (Å²) in [6.07, 6.45) is 0.573. The summed E-state index contributed by atoms with van der Waals surface area (Å²) in [5.74, 6) is 1.02. The predicted octanol–water partition coefficient (Wildman–Crippen LogP) is 5.07. The van der Waals surface area contributed by atoms with Gasteiger partial charge in [0.15, 0.2) is 11.7 Å². The molecule has 4 rings (SSSR count). The number of primary amides is 1. The highest BCUT2D eigenvalue weighted by Gasteiger charge is 2.17. The van der Waals surface area contributed by atoms with E-state index in [4.69, 9.17) is 10.2 Å². The molecule has 3 aromatic carbocycles. The van der Waals surface area contributed by atoms with Gasteiger partial charge in [0.2, 0.25) is 5.91 Å². The Balaban J connectivity index is 1.46. The van der Waals surface area contributed by atoms with Crippen LogP contribution in [0.3, 0.4) is 0 Å². The fourth-order valence-corrected chi connectivity index (χ4v) is 3.27. The van der Waals surface area contributed by atoms with Gasteiger partial charge in [-0.25, -0.2) is 9.78 Å². The SMILES string of the molecule is NC(=O)Nc1ccc(NC(=O)CCc2nc(-c3ccccc3)c(-c3ccccc3)o2)cc1. The number of carbonyl (C=O) groups excluding carboxylic acids is 2. The lowest BCUT2D eigenvalue weighted by Crippen LogP contribution is -2.19. The molecule has 1 aromatic heterocycles. The molecular weight excluding hydrogens is 404 g/mol. The van der Waals surface area contributed by atoms with Crippen molar-refractivity contribution in [1.29, 1.82) is 0 Å². The van der Waals surface area contributed by atoms with E-state index in [1.165, 1.54) is 0 Å². The van der Waals surface area contributed by atoms with Gasteiger partial charge in [-0.3, -0.25) is 4.79 Å². The van der Waals surface area contributed by atoms with Gasteiger partial charge in [0.25, 0.3) is 0 Å². The summed E-state index contributed by atoms with van der Waals surface area (Å²) in [7, 11) is 0. The third-order valence-electron chi connectivity index (χ3n) is 4.76. The first kappa shape index (κ1) is 20.9. The van der Waals surface area contributed by atoms with Gasteiger partial charge in [-0.05, 0) is 24.3 Å². The number of urea groups is 1. The van der Waals surface area contributed by atoms with Crippen LogP contribution in [0.25, 0.3) is 22.6 Å². The average Bonchev–Trinajstić information content (AvgIpc) is 3.24. The number of aromatic nitrogens is 1. The molecule has 1 heterocycles. The van der Waals surface area contributed by atoms with E-state index in [0.29, 0.717) is 29.4 Å². The molecule has 0 bridgehead atoms. The molecule has 32 heavy (non-hydrogen) atoms. The average molecular weight is 426 g/mol. The zero-order valence-corrected chi connectivity index (χ0v) is 17.2. The summed E-state index contributed by atoms with van der Waals surface area (Å²) >= 11 is 0. The van der Waals surface area contributed by atoms with Crippen LogP contribution >= 0.6 is 0 Å². The molecule has 0 aliphatic rings. The largest absolute Gasteiger partial charge is 0.440 e. The van der Waals surface area contributed by atoms with Crippen molar-refractivity contribution in [1.82, 2.24) is 4.98 Å². The van der Waals surface area contributed by atoms with Gasteiger partial charge in [-0.1, -0.05) is 60.7 Å². The van der Waals surface area contributed by atoms with Crippen molar-refractivity contribution < 1.29 is 14.0 Å². The first-order chi connectivity index (χ1) is 15.6. The molecule has 7 nitrogen and oxygen atoms in total. The Morgan fingerprint density at radius 2 is 1.34 bits per heavy atom. The molecule has 7 heteroatoms. The third kappa shape index (κ3) is 5.20. The number of amides is 3. The van der Waals surface area contributed by atoms with Crippen molar-refractivity contribution in [3.8, 4) is 22.6 Å². The zero-order chi connectivity index (χ0) is 22.3. The lowest BCUT2D eigenvalue weighted by atomic mass is 10.1. The van der Waals surface area contributed by atoms with E-state index >= 15 is 0 Å². The number of rotatable bonds is 7. The van der Waals surface area contributed by atoms with Crippen LogP contribution < -0.4 is 16.4 Å². The molecule has 0 radical (unpaired) electrons. The molecule has 0 atom stereocenters. The maximum Gasteiger partial charge on any atom is 0.316 e. The maximum absolute atomic E-state index is 12.4. The quantitative estimate of drug-likeness (QED) is 0.383. The third-order valence-corrected chi connectivity index (χ3v) is 4.76. The number of nitrogens with one attached hydrogen (secondary N) is 2. The van der Waals surface area contributed by atoms with Crippen LogP contribution in [0.4, 0.5) is 16.2 Å². The molecule has 0 aliphatic heterocycles. The lowest BCUT2D eigenvalue weighted by Gasteiger charge is -2.06. The molecule has 4 aromatic rings. The Hall–Kier alpha value is -4.39. The Labute approximate surface area is 185 Å². The molecule has 0 spiro atoms. The number of hydrogen-bond donors (Lipinski definition) is 3. The first-order valence-corrected chi connectivity index (χ1v) is 10.2. The Bertz CT molecular complexity index is 1150. The summed E-state index contributed by atoms with van der Waals surface area (Å²) in [6.45, 7) is 0. The van der Waals surface area contributed by atoms with Crippen molar-refractivity contribution in [3.63, 3.8) is 0 Å². The van der Waals surface area contributed by atoms with E-state index in [9.17, 15) is 9.59 Å². The molecule has 0 aliphatic carbocycles. The number of benzene rings is 3. The van der Waals surface area contributed by atoms with Gasteiger partial charge >= 0.3 is 6.03 Å². The Morgan fingerprint density at radius 1 is 0.781 bits per heavy atom. The fraction of sp³-hybridized carbons (Fsp3) is 0.0800. The number of anilines is 2. The maximum atomic E-state index is 12.4. The highest BCUT2D eigenvalue weighted by molar-refractivity contribution is 5.92. The lowest BCUT2D eigenvalue weighted by molar-refractivity contribution is -0.116. The molecule has 0 saturated heterocycles. The van der Waals surface area contributed by atoms with Crippen LogP contribution in [-0.4, -0.2) is 16.9 Å². The van der Waals surface area contributed by atoms with E-state index in [1.807, 2.05) is 60.7 Å². The van der Waals surface area contributed by atoms with Gasteiger partial charge in [0.1, 0.15) is 5.69 Å². The molecule has 3 amide bonds. The fourth-order valence-electron chi connectivity index (χ4n) is 3.27. The molecule has 4 N–H and O–H groups in total. The van der Waals surface area contributed by atoms with Gasteiger partial charge in [0.05, 0.1) is 0 Å². The first-order valence-electron chi connectivity index (χ1n) is 10.2. The van der Waals surface area contributed by atoms with E-state index < -0.39 is 6.03 Å². The van der Waals surface area contributed by atoms with Gasteiger partial charge in [-0.2, -0.15) is 0 Å². The van der Waals surface area contributed by atoms with Crippen molar-refractivity contribution >= 4 is 23.3 Å². The predicted molar refractivity (Wildman–Crippen MR) is 124 cm³/mol. The summed E-state index contributed by atoms with van der Waals surface area (Å²) in [5.41, 5.74) is 8.90. The van der Waals surface area contributed by atoms with Crippen molar-refractivity contribution in [2.24, 2.45) is 5.73 Å². The van der Waals surface area contributed by atoms with E-state index in [0.717, 1.165) is 16.8 Å². The monoisotopic (exact) mass is 426 g/mol. The minimum Gasteiger partial charge on any atom is -0.440 e. The second-order valence-electron chi connectivity index (χ2n) is 7.13. The number of carbonyl (C=O) groups is 2. The number of nitrogens with zero attached hydrogens (tertiary/aromatic N) is 1. The van der Waals surface area contributed by atoms with Gasteiger partial charge in [-0.15, -0.1) is 0 Å². The summed E-state index contributed by atoms with van der Waals surface area (Å²) in [4.78, 5) is 28.0. The molecule has 0 unspecified atom stereocenters. The van der Waals surface area contributed by atoms with Gasteiger partial charge in [0, 0.05) is 35.3 Å². The smallest absolute Gasteiger partial charge is 0.316 e. The Kier molecular flexibility index (Phi) is 6.27. The number of oxazole rings is 1. The number of hydrogen-bond acceptors (Lipinski definition) is 4. The standard InChI is InChI=1S/C25H22N4O3/c26-25(31)28-20-13-11-19(12-14-20)27-21(30)15-16-22-29-23(17-7-3-1-4-8-17)24(32-22)18-9-5-2-6-10-18/h1-14H,15-16H2,(H,27,30)(H3,26,28,31). The molecule has 160 valence electrons. The van der Waals surface area contributed by atoms with E-state index in [2.05, 4.69) is 15.6 Å². The molecular formula is C25H22N4O3. The van der Waals surface area contributed by atoms with Crippen LogP contribution in [0.15, 0.2) is 89.3 Å². The molecule has 0 fully saturated rings. The van der Waals surface area contributed by atoms with E-state index in [-0.39, 0.29) is 12.3 Å². The van der Waals surface area contributed by atoms with E-state index in [1.54, 1.807) is 24.3 Å².